The van der Waals surface area contributed by atoms with Crippen molar-refractivity contribution in [3.8, 4) is 0 Å². The summed E-state index contributed by atoms with van der Waals surface area (Å²) in [4.78, 5) is 18.1. The smallest absolute Gasteiger partial charge is 0.410 e. The van der Waals surface area contributed by atoms with Gasteiger partial charge < -0.3 is 19.7 Å². The van der Waals surface area contributed by atoms with Crippen molar-refractivity contribution < 1.29 is 14.3 Å². The molecule has 0 saturated carbocycles. The number of hydrogen-bond donors (Lipinski definition) is 1. The minimum atomic E-state index is -0.497. The van der Waals surface area contributed by atoms with Crippen LogP contribution in [-0.2, 0) is 16.0 Å². The Hall–Kier alpha value is -1.66. The lowest BCUT2D eigenvalue weighted by atomic mass is 10.2. The van der Waals surface area contributed by atoms with Crippen molar-refractivity contribution in [1.29, 1.82) is 0 Å². The summed E-state index contributed by atoms with van der Waals surface area (Å²) >= 11 is 0. The lowest BCUT2D eigenvalue weighted by molar-refractivity contribution is 0.0204. The number of methoxy groups -OCH3 is 1. The zero-order valence-electron chi connectivity index (χ0n) is 14.9. The van der Waals surface area contributed by atoms with E-state index < -0.39 is 5.60 Å². The maximum absolute atomic E-state index is 12.2. The Morgan fingerprint density at radius 3 is 2.61 bits per heavy atom. The monoisotopic (exact) mass is 323 g/mol. The molecule has 6 nitrogen and oxygen atoms in total. The second-order valence-electron chi connectivity index (χ2n) is 6.44. The van der Waals surface area contributed by atoms with Crippen molar-refractivity contribution in [2.24, 2.45) is 0 Å². The third-order valence-corrected chi connectivity index (χ3v) is 3.08. The fourth-order valence-corrected chi connectivity index (χ4v) is 1.87. The third kappa shape index (κ3) is 8.52. The molecule has 0 radical (unpaired) electrons. The fraction of sp³-hybridized carbons (Fsp3) is 0.647. The SMILES string of the molecule is COCCN(CCNCc1ccc(C)nc1)C(=O)OC(C)(C)C. The van der Waals surface area contributed by atoms with Crippen molar-refractivity contribution >= 4 is 6.09 Å². The van der Waals surface area contributed by atoms with Crippen molar-refractivity contribution in [3.05, 3.63) is 29.6 Å². The van der Waals surface area contributed by atoms with E-state index >= 15 is 0 Å². The number of aryl methyl sites for hydroxylation is 1. The van der Waals surface area contributed by atoms with E-state index in [0.717, 1.165) is 17.8 Å². The first-order valence-electron chi connectivity index (χ1n) is 7.91. The summed E-state index contributed by atoms with van der Waals surface area (Å²) in [5.41, 5.74) is 1.63. The average molecular weight is 323 g/mol. The van der Waals surface area contributed by atoms with Crippen LogP contribution in [0.25, 0.3) is 0 Å². The molecule has 0 aliphatic carbocycles. The Morgan fingerprint density at radius 2 is 2.04 bits per heavy atom. The molecular weight excluding hydrogens is 294 g/mol. The molecule has 0 aromatic carbocycles. The van der Waals surface area contributed by atoms with Crippen LogP contribution in [0, 0.1) is 6.92 Å². The van der Waals surface area contributed by atoms with Crippen molar-refractivity contribution in [1.82, 2.24) is 15.2 Å². The second kappa shape index (κ2) is 9.47. The van der Waals surface area contributed by atoms with Crippen LogP contribution < -0.4 is 5.32 Å². The largest absolute Gasteiger partial charge is 0.444 e. The number of amides is 1. The lowest BCUT2D eigenvalue weighted by Crippen LogP contribution is -2.42. The number of aromatic nitrogens is 1. The molecule has 0 unspecified atom stereocenters. The summed E-state index contributed by atoms with van der Waals surface area (Å²) in [5, 5.41) is 3.32. The van der Waals surface area contributed by atoms with E-state index in [-0.39, 0.29) is 6.09 Å². The summed E-state index contributed by atoms with van der Waals surface area (Å²) in [6.45, 7) is 10.5. The van der Waals surface area contributed by atoms with Crippen LogP contribution in [0.5, 0.6) is 0 Å². The van der Waals surface area contributed by atoms with Crippen LogP contribution in [-0.4, -0.2) is 54.9 Å². The molecule has 0 fully saturated rings. The molecule has 1 N–H and O–H groups in total. The van der Waals surface area contributed by atoms with E-state index in [1.807, 2.05) is 46.0 Å². The van der Waals surface area contributed by atoms with Gasteiger partial charge in [-0.3, -0.25) is 4.98 Å². The van der Waals surface area contributed by atoms with Crippen molar-refractivity contribution in [3.63, 3.8) is 0 Å². The Kier molecular flexibility index (Phi) is 7.98. The standard InChI is InChI=1S/C17H29N3O3/c1-14-6-7-15(13-19-14)12-18-8-9-20(10-11-22-5)16(21)23-17(2,3)4/h6-7,13,18H,8-12H2,1-5H3. The summed E-state index contributed by atoms with van der Waals surface area (Å²) < 4.78 is 10.5. The maximum atomic E-state index is 12.2. The number of pyridine rings is 1. The molecule has 1 rings (SSSR count). The van der Waals surface area contributed by atoms with E-state index in [9.17, 15) is 4.79 Å². The van der Waals surface area contributed by atoms with Crippen molar-refractivity contribution in [2.45, 2.75) is 39.8 Å². The van der Waals surface area contributed by atoms with E-state index in [1.165, 1.54) is 0 Å². The molecular formula is C17H29N3O3. The first kappa shape index (κ1) is 19.4. The molecule has 0 spiro atoms. The van der Waals surface area contributed by atoms with Gasteiger partial charge in [-0.15, -0.1) is 0 Å². The molecule has 1 aromatic heterocycles. The zero-order chi connectivity index (χ0) is 17.3. The van der Waals surface area contributed by atoms with E-state index in [4.69, 9.17) is 9.47 Å². The van der Waals surface area contributed by atoms with Crippen LogP contribution in [0.2, 0.25) is 0 Å². The van der Waals surface area contributed by atoms with Crippen molar-refractivity contribution in [2.75, 3.05) is 33.4 Å². The van der Waals surface area contributed by atoms with Gasteiger partial charge in [0.25, 0.3) is 0 Å². The average Bonchev–Trinajstić information content (AvgIpc) is 2.46. The highest BCUT2D eigenvalue weighted by Gasteiger charge is 2.21. The molecule has 130 valence electrons. The van der Waals surface area contributed by atoms with E-state index in [0.29, 0.717) is 26.2 Å². The predicted molar refractivity (Wildman–Crippen MR) is 90.4 cm³/mol. The minimum absolute atomic E-state index is 0.312. The highest BCUT2D eigenvalue weighted by atomic mass is 16.6. The first-order chi connectivity index (χ1) is 10.8. The highest BCUT2D eigenvalue weighted by molar-refractivity contribution is 5.68. The number of hydrogen-bond acceptors (Lipinski definition) is 5. The first-order valence-corrected chi connectivity index (χ1v) is 7.91. The van der Waals surface area contributed by atoms with Crippen LogP contribution >= 0.6 is 0 Å². The lowest BCUT2D eigenvalue weighted by Gasteiger charge is -2.27. The number of carbonyl (C=O) groups excluding carboxylic acids is 1. The Balaban J connectivity index is 2.41. The van der Waals surface area contributed by atoms with Gasteiger partial charge in [0.2, 0.25) is 0 Å². The molecule has 1 aromatic rings. The Bertz CT molecular complexity index is 469. The Labute approximate surface area is 139 Å². The quantitative estimate of drug-likeness (QED) is 0.744. The molecule has 1 heterocycles. The molecule has 0 saturated heterocycles. The van der Waals surface area contributed by atoms with E-state index in [2.05, 4.69) is 10.3 Å². The van der Waals surface area contributed by atoms with Gasteiger partial charge in [-0.25, -0.2) is 4.79 Å². The van der Waals surface area contributed by atoms with Gasteiger partial charge in [-0.05, 0) is 39.3 Å². The van der Waals surface area contributed by atoms with Gasteiger partial charge in [-0.1, -0.05) is 6.07 Å². The molecule has 0 atom stereocenters. The summed E-state index contributed by atoms with van der Waals surface area (Å²) in [6, 6.07) is 4.04. The van der Waals surface area contributed by atoms with Gasteiger partial charge in [0.05, 0.1) is 6.61 Å². The maximum Gasteiger partial charge on any atom is 0.410 e. The minimum Gasteiger partial charge on any atom is -0.444 e. The van der Waals surface area contributed by atoms with Gasteiger partial charge in [0.1, 0.15) is 5.60 Å². The molecule has 0 bridgehead atoms. The van der Waals surface area contributed by atoms with E-state index in [1.54, 1.807) is 12.0 Å². The van der Waals surface area contributed by atoms with Crippen LogP contribution in [0.4, 0.5) is 4.79 Å². The van der Waals surface area contributed by atoms with Gasteiger partial charge in [0, 0.05) is 45.2 Å². The number of carbonyl (C=O) groups is 1. The zero-order valence-corrected chi connectivity index (χ0v) is 14.9. The van der Waals surface area contributed by atoms with Gasteiger partial charge >= 0.3 is 6.09 Å². The number of nitrogens with one attached hydrogen (secondary N) is 1. The molecule has 0 aliphatic heterocycles. The Morgan fingerprint density at radius 1 is 1.30 bits per heavy atom. The normalized spacial score (nSPS) is 11.3. The predicted octanol–water partition coefficient (Wildman–Crippen LogP) is 2.36. The molecule has 23 heavy (non-hydrogen) atoms. The number of rotatable bonds is 8. The van der Waals surface area contributed by atoms with Gasteiger partial charge in [0.15, 0.2) is 0 Å². The third-order valence-electron chi connectivity index (χ3n) is 3.08. The summed E-state index contributed by atoms with van der Waals surface area (Å²) in [5.74, 6) is 0. The van der Waals surface area contributed by atoms with Crippen LogP contribution in [0.3, 0.4) is 0 Å². The highest BCUT2D eigenvalue weighted by Crippen LogP contribution is 2.09. The number of nitrogens with zero attached hydrogens (tertiary/aromatic N) is 2. The topological polar surface area (TPSA) is 63.7 Å². The van der Waals surface area contributed by atoms with Crippen LogP contribution in [0.15, 0.2) is 18.3 Å². The number of ether oxygens (including phenoxy) is 2. The molecule has 0 aliphatic rings. The molecule has 1 amide bonds. The summed E-state index contributed by atoms with van der Waals surface area (Å²) in [7, 11) is 1.62. The molecule has 6 heteroatoms. The summed E-state index contributed by atoms with van der Waals surface area (Å²) in [6.07, 6.45) is 1.55. The van der Waals surface area contributed by atoms with Gasteiger partial charge in [-0.2, -0.15) is 0 Å². The fourth-order valence-electron chi connectivity index (χ4n) is 1.87. The van der Waals surface area contributed by atoms with Crippen LogP contribution in [0.1, 0.15) is 32.0 Å². The second-order valence-corrected chi connectivity index (χ2v) is 6.44.